The number of thioether (sulfide) groups is 1. The number of nitrogens with one attached hydrogen (secondary N) is 1. The zero-order valence-electron chi connectivity index (χ0n) is 13.2. The van der Waals surface area contributed by atoms with E-state index < -0.39 is 0 Å². The van der Waals surface area contributed by atoms with Crippen molar-refractivity contribution in [1.29, 1.82) is 0 Å². The lowest BCUT2D eigenvalue weighted by Crippen LogP contribution is -2.10. The maximum atomic E-state index is 4.82. The number of anilines is 1. The Hall–Kier alpha value is -0.770. The van der Waals surface area contributed by atoms with E-state index in [0.717, 1.165) is 29.9 Å². The fourth-order valence-electron chi connectivity index (χ4n) is 2.47. The summed E-state index contributed by atoms with van der Waals surface area (Å²) in [4.78, 5) is 9.52. The van der Waals surface area contributed by atoms with Crippen LogP contribution in [0.2, 0.25) is 0 Å². The molecule has 1 aromatic rings. The molecule has 4 heteroatoms. The molecule has 3 nitrogen and oxygen atoms in total. The SMILES string of the molecule is CCCNc1nc(C(C)C)nc(SC2CCCC2)c1C. The summed E-state index contributed by atoms with van der Waals surface area (Å²) in [7, 11) is 0. The molecular weight excluding hydrogens is 266 g/mol. The average molecular weight is 293 g/mol. The first-order valence-corrected chi connectivity index (χ1v) is 8.78. The third kappa shape index (κ3) is 3.87. The lowest BCUT2D eigenvalue weighted by molar-refractivity contribution is 0.745. The predicted octanol–water partition coefficient (Wildman–Crippen LogP) is 4.77. The van der Waals surface area contributed by atoms with Crippen LogP contribution in [0.3, 0.4) is 0 Å². The Bertz CT molecular complexity index is 440. The van der Waals surface area contributed by atoms with Gasteiger partial charge in [0.15, 0.2) is 0 Å². The normalized spacial score (nSPS) is 16.1. The van der Waals surface area contributed by atoms with E-state index in [2.05, 4.69) is 33.0 Å². The average Bonchev–Trinajstić information content (AvgIpc) is 2.92. The second-order valence-corrected chi connectivity index (χ2v) is 7.26. The third-order valence-corrected chi connectivity index (χ3v) is 5.18. The van der Waals surface area contributed by atoms with E-state index in [1.54, 1.807) is 0 Å². The van der Waals surface area contributed by atoms with Crippen LogP contribution >= 0.6 is 11.8 Å². The highest BCUT2D eigenvalue weighted by atomic mass is 32.2. The zero-order chi connectivity index (χ0) is 14.5. The molecule has 1 aliphatic carbocycles. The summed E-state index contributed by atoms with van der Waals surface area (Å²) in [5.74, 6) is 2.38. The Morgan fingerprint density at radius 2 is 1.95 bits per heavy atom. The molecule has 2 rings (SSSR count). The van der Waals surface area contributed by atoms with Crippen molar-refractivity contribution in [2.45, 2.75) is 76.0 Å². The fourth-order valence-corrected chi connectivity index (χ4v) is 3.77. The number of aromatic nitrogens is 2. The van der Waals surface area contributed by atoms with E-state index in [1.165, 1.54) is 36.3 Å². The van der Waals surface area contributed by atoms with E-state index in [9.17, 15) is 0 Å². The molecule has 0 spiro atoms. The highest BCUT2D eigenvalue weighted by Gasteiger charge is 2.20. The number of rotatable bonds is 6. The maximum Gasteiger partial charge on any atom is 0.134 e. The molecule has 1 fully saturated rings. The van der Waals surface area contributed by atoms with Gasteiger partial charge in [0, 0.05) is 23.3 Å². The Labute approximate surface area is 127 Å². The van der Waals surface area contributed by atoms with Crippen LogP contribution in [-0.4, -0.2) is 21.8 Å². The summed E-state index contributed by atoms with van der Waals surface area (Å²) in [6.45, 7) is 9.64. The van der Waals surface area contributed by atoms with E-state index in [0.29, 0.717) is 5.92 Å². The predicted molar refractivity (Wildman–Crippen MR) is 87.8 cm³/mol. The van der Waals surface area contributed by atoms with Gasteiger partial charge in [-0.15, -0.1) is 11.8 Å². The second-order valence-electron chi connectivity index (χ2n) is 5.97. The van der Waals surface area contributed by atoms with Crippen LogP contribution in [-0.2, 0) is 0 Å². The van der Waals surface area contributed by atoms with Gasteiger partial charge in [0.05, 0.1) is 0 Å². The van der Waals surface area contributed by atoms with Crippen molar-refractivity contribution in [1.82, 2.24) is 9.97 Å². The van der Waals surface area contributed by atoms with Gasteiger partial charge in [0.2, 0.25) is 0 Å². The van der Waals surface area contributed by atoms with E-state index in [4.69, 9.17) is 9.97 Å². The van der Waals surface area contributed by atoms with E-state index in [-0.39, 0.29) is 0 Å². The highest BCUT2D eigenvalue weighted by Crippen LogP contribution is 2.37. The van der Waals surface area contributed by atoms with E-state index >= 15 is 0 Å². The quantitative estimate of drug-likeness (QED) is 0.767. The fraction of sp³-hybridized carbons (Fsp3) is 0.750. The zero-order valence-corrected chi connectivity index (χ0v) is 14.0. The van der Waals surface area contributed by atoms with Gasteiger partial charge in [0.25, 0.3) is 0 Å². The molecule has 1 aliphatic rings. The lowest BCUT2D eigenvalue weighted by Gasteiger charge is -2.16. The second kappa shape index (κ2) is 7.30. The monoisotopic (exact) mass is 293 g/mol. The minimum atomic E-state index is 0.376. The number of hydrogen-bond donors (Lipinski definition) is 1. The Balaban J connectivity index is 2.24. The molecule has 1 heterocycles. The Kier molecular flexibility index (Phi) is 5.70. The molecular formula is C16H27N3S. The molecule has 0 aromatic carbocycles. The van der Waals surface area contributed by atoms with Gasteiger partial charge in [-0.2, -0.15) is 0 Å². The topological polar surface area (TPSA) is 37.8 Å². The Morgan fingerprint density at radius 1 is 1.25 bits per heavy atom. The van der Waals surface area contributed by atoms with Crippen molar-refractivity contribution in [3.8, 4) is 0 Å². The first-order chi connectivity index (χ1) is 9.61. The van der Waals surface area contributed by atoms with Crippen molar-refractivity contribution in [3.05, 3.63) is 11.4 Å². The summed E-state index contributed by atoms with van der Waals surface area (Å²) in [5, 5.41) is 5.40. The van der Waals surface area contributed by atoms with Crippen molar-refractivity contribution in [2.24, 2.45) is 0 Å². The van der Waals surface area contributed by atoms with Gasteiger partial charge < -0.3 is 5.32 Å². The number of hydrogen-bond acceptors (Lipinski definition) is 4. The molecule has 1 aromatic heterocycles. The maximum absolute atomic E-state index is 4.82. The third-order valence-electron chi connectivity index (χ3n) is 3.76. The van der Waals surface area contributed by atoms with Crippen LogP contribution in [0.5, 0.6) is 0 Å². The standard InChI is InChI=1S/C16H27N3S/c1-5-10-17-15-12(4)16(19-14(18-15)11(2)3)20-13-8-6-7-9-13/h11,13H,5-10H2,1-4H3,(H,17,18,19). The van der Waals surface area contributed by atoms with Crippen LogP contribution in [0, 0.1) is 6.92 Å². The lowest BCUT2D eigenvalue weighted by atomic mass is 10.2. The number of nitrogens with zero attached hydrogens (tertiary/aromatic N) is 2. The Morgan fingerprint density at radius 3 is 2.55 bits per heavy atom. The minimum absolute atomic E-state index is 0.376. The molecule has 0 unspecified atom stereocenters. The largest absolute Gasteiger partial charge is 0.370 e. The van der Waals surface area contributed by atoms with E-state index in [1.807, 2.05) is 11.8 Å². The van der Waals surface area contributed by atoms with Crippen molar-refractivity contribution in [2.75, 3.05) is 11.9 Å². The van der Waals surface area contributed by atoms with Gasteiger partial charge in [-0.25, -0.2) is 9.97 Å². The van der Waals surface area contributed by atoms with Crippen molar-refractivity contribution < 1.29 is 0 Å². The van der Waals surface area contributed by atoms with Crippen LogP contribution in [0.4, 0.5) is 5.82 Å². The molecule has 1 N–H and O–H groups in total. The summed E-state index contributed by atoms with van der Waals surface area (Å²) >= 11 is 1.97. The molecule has 1 saturated carbocycles. The van der Waals surface area contributed by atoms with Crippen LogP contribution in [0.15, 0.2) is 5.03 Å². The van der Waals surface area contributed by atoms with Crippen LogP contribution in [0.1, 0.15) is 70.2 Å². The molecule has 0 aliphatic heterocycles. The first kappa shape index (κ1) is 15.6. The first-order valence-electron chi connectivity index (χ1n) is 7.90. The molecule has 0 atom stereocenters. The summed E-state index contributed by atoms with van der Waals surface area (Å²) in [6, 6.07) is 0. The molecule has 112 valence electrons. The summed E-state index contributed by atoms with van der Waals surface area (Å²) in [5.41, 5.74) is 1.22. The molecule has 0 radical (unpaired) electrons. The summed E-state index contributed by atoms with van der Waals surface area (Å²) < 4.78 is 0. The van der Waals surface area contributed by atoms with Gasteiger partial charge >= 0.3 is 0 Å². The summed E-state index contributed by atoms with van der Waals surface area (Å²) in [6.07, 6.45) is 6.54. The van der Waals surface area contributed by atoms with Crippen LogP contribution < -0.4 is 5.32 Å². The van der Waals surface area contributed by atoms with Gasteiger partial charge in [-0.05, 0) is 26.2 Å². The highest BCUT2D eigenvalue weighted by molar-refractivity contribution is 7.99. The van der Waals surface area contributed by atoms with Crippen molar-refractivity contribution in [3.63, 3.8) is 0 Å². The molecule has 0 bridgehead atoms. The molecule has 0 amide bonds. The van der Waals surface area contributed by atoms with Gasteiger partial charge in [0.1, 0.15) is 16.7 Å². The van der Waals surface area contributed by atoms with Gasteiger partial charge in [-0.1, -0.05) is 33.6 Å². The smallest absolute Gasteiger partial charge is 0.134 e. The van der Waals surface area contributed by atoms with Crippen molar-refractivity contribution >= 4 is 17.6 Å². The van der Waals surface area contributed by atoms with Gasteiger partial charge in [-0.3, -0.25) is 0 Å². The minimum Gasteiger partial charge on any atom is -0.370 e. The van der Waals surface area contributed by atoms with Crippen LogP contribution in [0.25, 0.3) is 0 Å². The molecule has 20 heavy (non-hydrogen) atoms. The molecule has 0 saturated heterocycles.